The fourth-order valence-electron chi connectivity index (χ4n) is 2.25. The topological polar surface area (TPSA) is 125 Å². The molecule has 0 bridgehead atoms. The van der Waals surface area contributed by atoms with Gasteiger partial charge in [-0.1, -0.05) is 12.1 Å². The van der Waals surface area contributed by atoms with Crippen LogP contribution in [0.15, 0.2) is 30.5 Å². The molecule has 1 aromatic heterocycles. The van der Waals surface area contributed by atoms with Crippen LogP contribution < -0.4 is 5.32 Å². The number of aromatic amines is 1. The van der Waals surface area contributed by atoms with Crippen molar-refractivity contribution >= 4 is 11.6 Å². The lowest BCUT2D eigenvalue weighted by Gasteiger charge is -2.08. The molecule has 2 aromatic rings. The van der Waals surface area contributed by atoms with Crippen LogP contribution in [0.5, 0.6) is 0 Å². The maximum atomic E-state index is 12.1. The summed E-state index contributed by atoms with van der Waals surface area (Å²) in [4.78, 5) is 29.3. The van der Waals surface area contributed by atoms with Crippen LogP contribution in [0.1, 0.15) is 23.3 Å². The number of hydrogen-bond donors (Lipinski definition) is 2. The second-order valence-corrected chi connectivity index (χ2v) is 5.37. The normalized spacial score (nSPS) is 14.7. The van der Waals surface area contributed by atoms with E-state index >= 15 is 0 Å². The highest BCUT2D eigenvalue weighted by Crippen LogP contribution is 2.32. The molecule has 2 N–H and O–H groups in total. The number of carbonyl (C=O) groups is 1. The molecule has 1 fully saturated rings. The van der Waals surface area contributed by atoms with Gasteiger partial charge in [-0.3, -0.25) is 14.9 Å². The largest absolute Gasteiger partial charge is 0.335 e. The van der Waals surface area contributed by atoms with E-state index in [1.54, 1.807) is 12.1 Å². The Balaban J connectivity index is 1.77. The lowest BCUT2D eigenvalue weighted by atomic mass is 10.2. The second-order valence-electron chi connectivity index (χ2n) is 5.37. The predicted molar refractivity (Wildman–Crippen MR) is 80.3 cm³/mol. The number of benzene rings is 1. The summed E-state index contributed by atoms with van der Waals surface area (Å²) in [5, 5.41) is 22.5. The zero-order valence-electron chi connectivity index (χ0n) is 12.0. The zero-order chi connectivity index (χ0) is 16.4. The predicted octanol–water partition coefficient (Wildman–Crippen LogP) is 2.02. The first kappa shape index (κ1) is 14.7. The summed E-state index contributed by atoms with van der Waals surface area (Å²) in [7, 11) is 0. The summed E-state index contributed by atoms with van der Waals surface area (Å²) in [5.74, 6) is 0.175. The molecule has 116 valence electrons. The summed E-state index contributed by atoms with van der Waals surface area (Å²) in [5.41, 5.74) is 0.674. The van der Waals surface area contributed by atoms with Gasteiger partial charge in [0.15, 0.2) is 0 Å². The molecule has 1 amide bonds. The van der Waals surface area contributed by atoms with Gasteiger partial charge in [0.1, 0.15) is 17.6 Å². The Kier molecular flexibility index (Phi) is 3.76. The van der Waals surface area contributed by atoms with Crippen molar-refractivity contribution in [3.8, 4) is 17.5 Å². The highest BCUT2D eigenvalue weighted by atomic mass is 16.6. The summed E-state index contributed by atoms with van der Waals surface area (Å²) in [6.45, 7) is 0. The van der Waals surface area contributed by atoms with Gasteiger partial charge in [-0.2, -0.15) is 5.26 Å². The number of imidazole rings is 1. The van der Waals surface area contributed by atoms with Gasteiger partial charge in [0.05, 0.1) is 17.2 Å². The maximum Gasteiger partial charge on any atom is 0.270 e. The number of nitriles is 1. The number of amides is 1. The summed E-state index contributed by atoms with van der Waals surface area (Å²) >= 11 is 0. The smallest absolute Gasteiger partial charge is 0.270 e. The Hall–Kier alpha value is -3.21. The van der Waals surface area contributed by atoms with Gasteiger partial charge in [-0.15, -0.1) is 0 Å². The number of nitro benzene ring substituents is 1. The van der Waals surface area contributed by atoms with E-state index in [-0.39, 0.29) is 17.3 Å². The first-order valence-corrected chi connectivity index (χ1v) is 7.09. The van der Waals surface area contributed by atoms with Crippen LogP contribution in [0.2, 0.25) is 0 Å². The third-order valence-electron chi connectivity index (χ3n) is 3.67. The average Bonchev–Trinajstić information content (AvgIpc) is 3.28. The molecule has 1 aliphatic rings. The number of aromatic nitrogens is 2. The van der Waals surface area contributed by atoms with Crippen molar-refractivity contribution in [1.82, 2.24) is 15.3 Å². The highest BCUT2D eigenvalue weighted by molar-refractivity contribution is 5.93. The van der Waals surface area contributed by atoms with Crippen molar-refractivity contribution in [2.75, 3.05) is 0 Å². The van der Waals surface area contributed by atoms with E-state index in [9.17, 15) is 14.9 Å². The monoisotopic (exact) mass is 311 g/mol. The summed E-state index contributed by atoms with van der Waals surface area (Å²) in [6.07, 6.45) is 3.24. The van der Waals surface area contributed by atoms with Crippen LogP contribution in [-0.4, -0.2) is 26.8 Å². The third kappa shape index (κ3) is 3.18. The van der Waals surface area contributed by atoms with Gasteiger partial charge in [-0.25, -0.2) is 4.98 Å². The Labute approximate surface area is 131 Å². The summed E-state index contributed by atoms with van der Waals surface area (Å²) < 4.78 is 0. The van der Waals surface area contributed by atoms with Gasteiger partial charge in [0.25, 0.3) is 11.6 Å². The molecule has 1 heterocycles. The first-order chi connectivity index (χ1) is 11.1. The van der Waals surface area contributed by atoms with E-state index in [1.807, 2.05) is 0 Å². The highest BCUT2D eigenvalue weighted by Gasteiger charge is 2.32. The molecule has 1 unspecified atom stereocenters. The number of nitrogens with one attached hydrogen (secondary N) is 2. The van der Waals surface area contributed by atoms with Crippen LogP contribution in [0.25, 0.3) is 11.4 Å². The van der Waals surface area contributed by atoms with Gasteiger partial charge in [0, 0.05) is 17.7 Å². The molecule has 1 aromatic carbocycles. The standard InChI is InChI=1S/C15H13N5O3/c16-7-12(9-4-5-9)19-15(21)13-8-17-14(18-13)10-2-1-3-11(6-10)20(22)23/h1-3,6,8-9,12H,4-5H2,(H,17,18)(H,19,21). The van der Waals surface area contributed by atoms with E-state index in [4.69, 9.17) is 5.26 Å². The second kappa shape index (κ2) is 5.88. The zero-order valence-corrected chi connectivity index (χ0v) is 12.0. The number of nitro groups is 1. The molecule has 23 heavy (non-hydrogen) atoms. The number of non-ortho nitro benzene ring substituents is 1. The average molecular weight is 311 g/mol. The Bertz CT molecular complexity index is 803. The molecule has 1 aliphatic carbocycles. The number of nitrogens with zero attached hydrogens (tertiary/aromatic N) is 3. The molecule has 8 nitrogen and oxygen atoms in total. The van der Waals surface area contributed by atoms with E-state index in [0.717, 1.165) is 12.8 Å². The van der Waals surface area contributed by atoms with Crippen molar-refractivity contribution in [2.24, 2.45) is 5.92 Å². The van der Waals surface area contributed by atoms with E-state index in [1.165, 1.54) is 18.3 Å². The van der Waals surface area contributed by atoms with Gasteiger partial charge in [-0.05, 0) is 18.8 Å². The Morgan fingerprint density at radius 2 is 2.30 bits per heavy atom. The summed E-state index contributed by atoms with van der Waals surface area (Å²) in [6, 6.07) is 7.56. The fraction of sp³-hybridized carbons (Fsp3) is 0.267. The molecular weight excluding hydrogens is 298 g/mol. The lowest BCUT2D eigenvalue weighted by Crippen LogP contribution is -2.35. The van der Waals surface area contributed by atoms with Crippen molar-refractivity contribution in [2.45, 2.75) is 18.9 Å². The maximum absolute atomic E-state index is 12.1. The van der Waals surface area contributed by atoms with Crippen molar-refractivity contribution in [1.29, 1.82) is 5.26 Å². The van der Waals surface area contributed by atoms with E-state index < -0.39 is 16.9 Å². The van der Waals surface area contributed by atoms with Crippen LogP contribution in [0.3, 0.4) is 0 Å². The van der Waals surface area contributed by atoms with E-state index in [0.29, 0.717) is 11.4 Å². The fourth-order valence-corrected chi connectivity index (χ4v) is 2.25. The molecule has 3 rings (SSSR count). The quantitative estimate of drug-likeness (QED) is 0.645. The van der Waals surface area contributed by atoms with Crippen molar-refractivity contribution in [3.05, 3.63) is 46.3 Å². The number of rotatable bonds is 5. The van der Waals surface area contributed by atoms with E-state index in [2.05, 4.69) is 21.4 Å². The third-order valence-corrected chi connectivity index (χ3v) is 3.67. The Morgan fingerprint density at radius 3 is 2.96 bits per heavy atom. The molecule has 0 aliphatic heterocycles. The van der Waals surface area contributed by atoms with Crippen LogP contribution in [0, 0.1) is 27.4 Å². The SMILES string of the molecule is N#CC(NC(=O)c1cnc(-c2cccc([N+](=O)[O-])c2)[nH]1)C1CC1. The molecule has 0 spiro atoms. The van der Waals surface area contributed by atoms with Crippen LogP contribution in [0.4, 0.5) is 5.69 Å². The first-order valence-electron chi connectivity index (χ1n) is 7.09. The Morgan fingerprint density at radius 1 is 1.52 bits per heavy atom. The molecule has 8 heteroatoms. The molecular formula is C15H13N5O3. The molecule has 0 saturated heterocycles. The number of hydrogen-bond acceptors (Lipinski definition) is 5. The lowest BCUT2D eigenvalue weighted by molar-refractivity contribution is -0.384. The van der Waals surface area contributed by atoms with Gasteiger partial charge in [0.2, 0.25) is 0 Å². The van der Waals surface area contributed by atoms with Crippen LogP contribution >= 0.6 is 0 Å². The van der Waals surface area contributed by atoms with Gasteiger partial charge < -0.3 is 10.3 Å². The van der Waals surface area contributed by atoms with Crippen LogP contribution in [-0.2, 0) is 0 Å². The van der Waals surface area contributed by atoms with Crippen molar-refractivity contribution < 1.29 is 9.72 Å². The molecule has 1 atom stereocenters. The molecule has 1 saturated carbocycles. The minimum Gasteiger partial charge on any atom is -0.335 e. The van der Waals surface area contributed by atoms with Crippen molar-refractivity contribution in [3.63, 3.8) is 0 Å². The number of H-pyrrole nitrogens is 1. The van der Waals surface area contributed by atoms with Gasteiger partial charge >= 0.3 is 0 Å². The minimum atomic E-state index is -0.493. The minimum absolute atomic E-state index is 0.0526. The number of carbonyl (C=O) groups excluding carboxylic acids is 1. The molecule has 0 radical (unpaired) electrons.